The number of likely N-dealkylation sites (tertiary alicyclic amines) is 1. The number of aromatic nitrogens is 1. The third kappa shape index (κ3) is 4.02. The highest BCUT2D eigenvalue weighted by Gasteiger charge is 2.24. The van der Waals surface area contributed by atoms with Crippen molar-refractivity contribution in [3.8, 4) is 0 Å². The van der Waals surface area contributed by atoms with E-state index in [0.29, 0.717) is 12.1 Å². The Morgan fingerprint density at radius 3 is 2.95 bits per heavy atom. The minimum Gasteiger partial charge on any atom is -0.306 e. The number of hydrogen-bond donors (Lipinski definition) is 1. The van der Waals surface area contributed by atoms with Gasteiger partial charge in [0.05, 0.1) is 5.69 Å². The van der Waals surface area contributed by atoms with Crippen LogP contribution in [0.5, 0.6) is 0 Å². The third-order valence-corrected chi connectivity index (χ3v) is 4.34. The molecule has 1 saturated heterocycles. The zero-order chi connectivity index (χ0) is 13.7. The molecule has 2 rings (SSSR count). The highest BCUT2D eigenvalue weighted by Crippen LogP contribution is 2.21. The van der Waals surface area contributed by atoms with E-state index >= 15 is 0 Å². The molecule has 0 spiro atoms. The Balaban J connectivity index is 1.88. The molecule has 1 aromatic rings. The minimum absolute atomic E-state index is 0.327. The van der Waals surface area contributed by atoms with E-state index in [-0.39, 0.29) is 0 Å². The van der Waals surface area contributed by atoms with E-state index in [1.807, 2.05) is 12.3 Å². The van der Waals surface area contributed by atoms with Crippen LogP contribution in [0.15, 0.2) is 24.4 Å². The summed E-state index contributed by atoms with van der Waals surface area (Å²) in [7, 11) is 0. The quantitative estimate of drug-likeness (QED) is 0.883. The van der Waals surface area contributed by atoms with Crippen LogP contribution >= 0.6 is 0 Å². The molecule has 2 unspecified atom stereocenters. The van der Waals surface area contributed by atoms with Crippen LogP contribution < -0.4 is 5.32 Å². The smallest absolute Gasteiger partial charge is 0.0570 e. The standard InChI is InChI=1S/C16H27N3/c1-4-19-11-7-8-15(12-19)13(2)18-14(3)16-9-5-6-10-17-16/h5-6,9-10,13-15,18H,4,7-8,11-12H2,1-3H3/t13?,14-,15?/m0/s1. The summed E-state index contributed by atoms with van der Waals surface area (Å²) in [5.74, 6) is 0.764. The van der Waals surface area contributed by atoms with Crippen LogP contribution in [-0.4, -0.2) is 35.6 Å². The molecule has 19 heavy (non-hydrogen) atoms. The predicted octanol–water partition coefficient (Wildman–Crippen LogP) is 2.85. The van der Waals surface area contributed by atoms with Gasteiger partial charge in [0.1, 0.15) is 0 Å². The fourth-order valence-corrected chi connectivity index (χ4v) is 3.03. The van der Waals surface area contributed by atoms with Crippen LogP contribution in [0.1, 0.15) is 45.3 Å². The van der Waals surface area contributed by atoms with Crippen molar-refractivity contribution in [2.45, 2.75) is 45.7 Å². The van der Waals surface area contributed by atoms with Crippen LogP contribution in [0.2, 0.25) is 0 Å². The summed E-state index contributed by atoms with van der Waals surface area (Å²) < 4.78 is 0. The number of hydrogen-bond acceptors (Lipinski definition) is 3. The first kappa shape index (κ1) is 14.5. The fourth-order valence-electron chi connectivity index (χ4n) is 3.03. The maximum Gasteiger partial charge on any atom is 0.0570 e. The van der Waals surface area contributed by atoms with Gasteiger partial charge in [0.15, 0.2) is 0 Å². The van der Waals surface area contributed by atoms with Crippen molar-refractivity contribution >= 4 is 0 Å². The fraction of sp³-hybridized carbons (Fsp3) is 0.688. The molecule has 0 bridgehead atoms. The topological polar surface area (TPSA) is 28.2 Å². The van der Waals surface area contributed by atoms with Gasteiger partial charge in [-0.05, 0) is 57.8 Å². The van der Waals surface area contributed by atoms with E-state index in [9.17, 15) is 0 Å². The van der Waals surface area contributed by atoms with Crippen molar-refractivity contribution < 1.29 is 0 Å². The molecule has 106 valence electrons. The molecule has 0 aliphatic carbocycles. The molecule has 0 radical (unpaired) electrons. The zero-order valence-electron chi connectivity index (χ0n) is 12.5. The molecule has 0 amide bonds. The monoisotopic (exact) mass is 261 g/mol. The molecule has 2 heterocycles. The average Bonchev–Trinajstić information content (AvgIpc) is 2.48. The van der Waals surface area contributed by atoms with Gasteiger partial charge in [-0.1, -0.05) is 13.0 Å². The molecule has 1 aliphatic heterocycles. The van der Waals surface area contributed by atoms with Crippen molar-refractivity contribution in [2.75, 3.05) is 19.6 Å². The second-order valence-corrected chi connectivity index (χ2v) is 5.73. The minimum atomic E-state index is 0.327. The van der Waals surface area contributed by atoms with Gasteiger partial charge in [-0.25, -0.2) is 0 Å². The van der Waals surface area contributed by atoms with Gasteiger partial charge in [0.25, 0.3) is 0 Å². The lowest BCUT2D eigenvalue weighted by molar-refractivity contribution is 0.153. The van der Waals surface area contributed by atoms with E-state index in [1.165, 1.54) is 32.5 Å². The van der Waals surface area contributed by atoms with Crippen molar-refractivity contribution in [2.24, 2.45) is 5.92 Å². The second-order valence-electron chi connectivity index (χ2n) is 5.73. The maximum atomic E-state index is 4.44. The number of rotatable bonds is 5. The molecule has 3 heteroatoms. The predicted molar refractivity (Wildman–Crippen MR) is 80.1 cm³/mol. The normalized spacial score (nSPS) is 24.1. The Labute approximate surface area is 117 Å². The number of nitrogens with one attached hydrogen (secondary N) is 1. The first-order chi connectivity index (χ1) is 9.20. The van der Waals surface area contributed by atoms with Crippen LogP contribution in [0, 0.1) is 5.92 Å². The second kappa shape index (κ2) is 7.01. The van der Waals surface area contributed by atoms with Gasteiger partial charge in [-0.3, -0.25) is 4.98 Å². The SMILES string of the molecule is CCN1CCCC(C(C)N[C@@H](C)c2ccccn2)C1. The van der Waals surface area contributed by atoms with Gasteiger partial charge >= 0.3 is 0 Å². The van der Waals surface area contributed by atoms with Crippen molar-refractivity contribution in [1.29, 1.82) is 0 Å². The van der Waals surface area contributed by atoms with Crippen LogP contribution in [0.4, 0.5) is 0 Å². The molecular weight excluding hydrogens is 234 g/mol. The Kier molecular flexibility index (Phi) is 5.34. The summed E-state index contributed by atoms with van der Waals surface area (Å²) in [6, 6.07) is 7.01. The molecule has 1 N–H and O–H groups in total. The Hall–Kier alpha value is -0.930. The lowest BCUT2D eigenvalue weighted by atomic mass is 9.91. The molecule has 0 saturated carbocycles. The van der Waals surface area contributed by atoms with Crippen molar-refractivity contribution in [3.63, 3.8) is 0 Å². The van der Waals surface area contributed by atoms with E-state index < -0.39 is 0 Å². The molecule has 1 aromatic heterocycles. The zero-order valence-corrected chi connectivity index (χ0v) is 12.5. The lowest BCUT2D eigenvalue weighted by Crippen LogP contribution is -2.45. The molecular formula is C16H27N3. The van der Waals surface area contributed by atoms with E-state index in [1.54, 1.807) is 0 Å². The van der Waals surface area contributed by atoms with Crippen molar-refractivity contribution in [3.05, 3.63) is 30.1 Å². The lowest BCUT2D eigenvalue weighted by Gasteiger charge is -2.36. The highest BCUT2D eigenvalue weighted by atomic mass is 15.1. The number of piperidine rings is 1. The summed E-state index contributed by atoms with van der Waals surface area (Å²) >= 11 is 0. The summed E-state index contributed by atoms with van der Waals surface area (Å²) in [6.45, 7) is 10.5. The Morgan fingerprint density at radius 1 is 1.42 bits per heavy atom. The molecule has 1 fully saturated rings. The van der Waals surface area contributed by atoms with Gasteiger partial charge < -0.3 is 10.2 Å². The van der Waals surface area contributed by atoms with Gasteiger partial charge in [-0.2, -0.15) is 0 Å². The van der Waals surface area contributed by atoms with Gasteiger partial charge in [-0.15, -0.1) is 0 Å². The summed E-state index contributed by atoms with van der Waals surface area (Å²) in [4.78, 5) is 7.00. The van der Waals surface area contributed by atoms with Crippen LogP contribution in [0.3, 0.4) is 0 Å². The number of pyridine rings is 1. The highest BCUT2D eigenvalue weighted by molar-refractivity contribution is 5.08. The van der Waals surface area contributed by atoms with Crippen LogP contribution in [0.25, 0.3) is 0 Å². The van der Waals surface area contributed by atoms with E-state index in [2.05, 4.69) is 48.1 Å². The summed E-state index contributed by atoms with van der Waals surface area (Å²) in [5, 5.41) is 3.72. The number of nitrogens with zero attached hydrogens (tertiary/aromatic N) is 2. The van der Waals surface area contributed by atoms with E-state index in [0.717, 1.165) is 11.6 Å². The first-order valence-electron chi connectivity index (χ1n) is 7.60. The Bertz CT molecular complexity index is 366. The summed E-state index contributed by atoms with van der Waals surface area (Å²) in [5.41, 5.74) is 1.14. The maximum absolute atomic E-state index is 4.44. The third-order valence-electron chi connectivity index (χ3n) is 4.34. The largest absolute Gasteiger partial charge is 0.306 e. The Morgan fingerprint density at radius 2 is 2.26 bits per heavy atom. The van der Waals surface area contributed by atoms with Crippen LogP contribution in [-0.2, 0) is 0 Å². The average molecular weight is 261 g/mol. The van der Waals surface area contributed by atoms with Gasteiger partial charge in [0.2, 0.25) is 0 Å². The first-order valence-corrected chi connectivity index (χ1v) is 7.60. The molecule has 3 atom stereocenters. The summed E-state index contributed by atoms with van der Waals surface area (Å²) in [6.07, 6.45) is 4.56. The molecule has 3 nitrogen and oxygen atoms in total. The van der Waals surface area contributed by atoms with E-state index in [4.69, 9.17) is 0 Å². The molecule has 1 aliphatic rings. The van der Waals surface area contributed by atoms with Crippen molar-refractivity contribution in [1.82, 2.24) is 15.2 Å². The molecule has 0 aromatic carbocycles. The van der Waals surface area contributed by atoms with Gasteiger partial charge in [0, 0.05) is 24.8 Å².